The van der Waals surface area contributed by atoms with Crippen LogP contribution in [-0.4, -0.2) is 57.7 Å². The van der Waals surface area contributed by atoms with Crippen LogP contribution in [0.3, 0.4) is 0 Å². The topological polar surface area (TPSA) is 83.9 Å². The van der Waals surface area contributed by atoms with Crippen LogP contribution >= 0.6 is 24.2 Å². The number of esters is 1. The van der Waals surface area contributed by atoms with Crippen LogP contribution in [0, 0.1) is 0 Å². The summed E-state index contributed by atoms with van der Waals surface area (Å²) >= 11 is 9.79. The normalized spacial score (nSPS) is 20.5. The van der Waals surface area contributed by atoms with Gasteiger partial charge >= 0.3 is 11.9 Å². The summed E-state index contributed by atoms with van der Waals surface area (Å²) in [5, 5.41) is 9.13. The van der Waals surface area contributed by atoms with Gasteiger partial charge in [-0.2, -0.15) is 12.6 Å². The molecular formula is C14H22ClNO5S. The third-order valence-electron chi connectivity index (χ3n) is 3.54. The summed E-state index contributed by atoms with van der Waals surface area (Å²) in [7, 11) is 0. The number of thiol groups is 1. The van der Waals surface area contributed by atoms with Crippen LogP contribution in [0.2, 0.25) is 0 Å². The lowest BCUT2D eigenvalue weighted by molar-refractivity contribution is -0.151. The molecule has 0 bridgehead atoms. The number of halogens is 1. The quantitative estimate of drug-likeness (QED) is 0.301. The molecule has 0 spiro atoms. The highest BCUT2D eigenvalue weighted by Crippen LogP contribution is 2.27. The van der Waals surface area contributed by atoms with Crippen molar-refractivity contribution in [2.75, 3.05) is 19.0 Å². The molecule has 1 aliphatic heterocycles. The van der Waals surface area contributed by atoms with E-state index in [-0.39, 0.29) is 13.0 Å². The van der Waals surface area contributed by atoms with Crippen molar-refractivity contribution in [3.05, 3.63) is 0 Å². The first-order chi connectivity index (χ1) is 10.3. The van der Waals surface area contributed by atoms with E-state index in [2.05, 4.69) is 12.6 Å². The molecule has 0 aromatic rings. The van der Waals surface area contributed by atoms with Crippen molar-refractivity contribution in [2.24, 2.45) is 0 Å². The van der Waals surface area contributed by atoms with E-state index in [1.54, 1.807) is 0 Å². The molecule has 126 valence electrons. The van der Waals surface area contributed by atoms with Crippen LogP contribution in [-0.2, 0) is 19.1 Å². The molecule has 1 rings (SSSR count). The zero-order valence-electron chi connectivity index (χ0n) is 12.6. The van der Waals surface area contributed by atoms with Crippen molar-refractivity contribution in [1.29, 1.82) is 0 Å². The summed E-state index contributed by atoms with van der Waals surface area (Å²) in [6.45, 7) is 2.14. The van der Waals surface area contributed by atoms with Crippen molar-refractivity contribution in [2.45, 2.75) is 49.8 Å². The van der Waals surface area contributed by atoms with Crippen LogP contribution in [0.15, 0.2) is 0 Å². The highest BCUT2D eigenvalue weighted by atomic mass is 35.5. The molecule has 0 saturated carbocycles. The Morgan fingerprint density at radius 2 is 2.09 bits per heavy atom. The second-order valence-electron chi connectivity index (χ2n) is 5.56. The number of unbranched alkanes of at least 4 members (excludes halogenated alkanes) is 1. The molecule has 0 unspecified atom stereocenters. The fourth-order valence-corrected chi connectivity index (χ4v) is 2.81. The highest BCUT2D eigenvalue weighted by molar-refractivity contribution is 7.82. The lowest BCUT2D eigenvalue weighted by Gasteiger charge is -2.30. The van der Waals surface area contributed by atoms with Gasteiger partial charge < -0.3 is 14.7 Å². The minimum absolute atomic E-state index is 0.196. The number of carboxylic acid groups (broad SMARTS) is 1. The summed E-state index contributed by atoms with van der Waals surface area (Å²) in [5.41, 5.74) is 0. The average Bonchev–Trinajstić information content (AvgIpc) is 2.91. The predicted molar refractivity (Wildman–Crippen MR) is 85.3 cm³/mol. The van der Waals surface area contributed by atoms with Crippen molar-refractivity contribution in [3.63, 3.8) is 0 Å². The maximum Gasteiger partial charge on any atom is 0.326 e. The monoisotopic (exact) mass is 351 g/mol. The van der Waals surface area contributed by atoms with Gasteiger partial charge in [-0.1, -0.05) is 0 Å². The lowest BCUT2D eigenvalue weighted by Crippen LogP contribution is -2.49. The first kappa shape index (κ1) is 19.1. The Morgan fingerprint density at radius 1 is 1.41 bits per heavy atom. The van der Waals surface area contributed by atoms with Gasteiger partial charge in [-0.15, -0.1) is 11.6 Å². The zero-order valence-corrected chi connectivity index (χ0v) is 14.2. The molecule has 6 nitrogen and oxygen atoms in total. The molecule has 2 atom stereocenters. The molecule has 1 heterocycles. The van der Waals surface area contributed by atoms with Gasteiger partial charge in [0.25, 0.3) is 0 Å². The summed E-state index contributed by atoms with van der Waals surface area (Å²) in [6, 6.07) is -0.835. The summed E-state index contributed by atoms with van der Waals surface area (Å²) in [6.07, 6.45) is 2.28. The summed E-state index contributed by atoms with van der Waals surface area (Å²) in [5.74, 6) is -1.49. The molecular weight excluding hydrogens is 330 g/mol. The minimum Gasteiger partial charge on any atom is -0.480 e. The largest absolute Gasteiger partial charge is 0.480 e. The van der Waals surface area contributed by atoms with Crippen molar-refractivity contribution < 1.29 is 24.2 Å². The van der Waals surface area contributed by atoms with Crippen LogP contribution in [0.5, 0.6) is 0 Å². The van der Waals surface area contributed by atoms with Gasteiger partial charge in [0, 0.05) is 12.4 Å². The fraction of sp³-hybridized carbons (Fsp3) is 0.786. The number of aliphatic carboxylic acids is 1. The highest BCUT2D eigenvalue weighted by Gasteiger charge is 2.42. The van der Waals surface area contributed by atoms with Crippen LogP contribution in [0.25, 0.3) is 0 Å². The second kappa shape index (κ2) is 8.62. The molecule has 0 aliphatic carbocycles. The van der Waals surface area contributed by atoms with Crippen molar-refractivity contribution in [1.82, 2.24) is 4.90 Å². The molecule has 1 aliphatic rings. The van der Waals surface area contributed by atoms with Gasteiger partial charge in [-0.05, 0) is 32.6 Å². The Morgan fingerprint density at radius 3 is 2.68 bits per heavy atom. The SMILES string of the molecule is C[C@](S)(CC(=O)OCCCCCl)C(=O)N1CCC[C@H]1C(=O)O. The van der Waals surface area contributed by atoms with Gasteiger partial charge in [0.15, 0.2) is 0 Å². The number of hydrogen-bond donors (Lipinski definition) is 2. The first-order valence-corrected chi connectivity index (χ1v) is 8.25. The zero-order chi connectivity index (χ0) is 16.8. The molecule has 1 fully saturated rings. The molecule has 0 aromatic heterocycles. The molecule has 8 heteroatoms. The Hall–Kier alpha value is -0.950. The standard InChI is InChI=1S/C14H22ClNO5S/c1-14(22,9-11(17)21-8-3-2-6-15)13(20)16-7-4-5-10(16)12(18)19/h10,22H,2-9H2,1H3,(H,18,19)/t10-,14-/m0/s1. The van der Waals surface area contributed by atoms with E-state index in [9.17, 15) is 14.4 Å². The smallest absolute Gasteiger partial charge is 0.326 e. The van der Waals surface area contributed by atoms with Gasteiger partial charge in [0.2, 0.25) is 5.91 Å². The number of likely N-dealkylation sites (tertiary alicyclic amines) is 1. The minimum atomic E-state index is -1.28. The number of carbonyl (C=O) groups is 3. The van der Waals surface area contributed by atoms with Crippen LogP contribution in [0.1, 0.15) is 39.0 Å². The number of rotatable bonds is 8. The molecule has 0 aromatic carbocycles. The number of carbonyl (C=O) groups excluding carboxylic acids is 2. The van der Waals surface area contributed by atoms with Crippen molar-refractivity contribution >= 4 is 42.1 Å². The Bertz CT molecular complexity index is 429. The third-order valence-corrected chi connectivity index (χ3v) is 4.16. The fourth-order valence-electron chi connectivity index (χ4n) is 2.37. The summed E-state index contributed by atoms with van der Waals surface area (Å²) < 4.78 is 3.76. The van der Waals surface area contributed by atoms with Crippen molar-refractivity contribution in [3.8, 4) is 0 Å². The van der Waals surface area contributed by atoms with E-state index in [1.807, 2.05) is 0 Å². The molecule has 0 radical (unpaired) electrons. The molecule has 1 saturated heterocycles. The van der Waals surface area contributed by atoms with Gasteiger partial charge in [-0.25, -0.2) is 4.79 Å². The molecule has 1 amide bonds. The van der Waals surface area contributed by atoms with E-state index >= 15 is 0 Å². The predicted octanol–water partition coefficient (Wildman–Crippen LogP) is 1.70. The number of amides is 1. The second-order valence-corrected chi connectivity index (χ2v) is 6.93. The lowest BCUT2D eigenvalue weighted by atomic mass is 10.0. The maximum atomic E-state index is 12.5. The van der Waals surface area contributed by atoms with Gasteiger partial charge in [0.1, 0.15) is 6.04 Å². The number of alkyl halides is 1. The number of ether oxygens (including phenoxy) is 1. The molecule has 1 N–H and O–H groups in total. The van der Waals surface area contributed by atoms with Crippen LogP contribution < -0.4 is 0 Å². The molecule has 22 heavy (non-hydrogen) atoms. The van der Waals surface area contributed by atoms with Gasteiger partial charge in [0.05, 0.1) is 17.8 Å². The first-order valence-electron chi connectivity index (χ1n) is 7.27. The number of hydrogen-bond acceptors (Lipinski definition) is 5. The van der Waals surface area contributed by atoms with E-state index < -0.39 is 28.6 Å². The third kappa shape index (κ3) is 5.35. The Balaban J connectivity index is 2.55. The van der Waals surface area contributed by atoms with Gasteiger partial charge in [-0.3, -0.25) is 9.59 Å². The van der Waals surface area contributed by atoms with E-state index in [1.165, 1.54) is 11.8 Å². The average molecular weight is 352 g/mol. The number of carboxylic acids is 1. The summed E-state index contributed by atoms with van der Waals surface area (Å²) in [4.78, 5) is 36.7. The van der Waals surface area contributed by atoms with E-state index in [0.717, 1.165) is 6.42 Å². The Labute approximate surface area is 140 Å². The van der Waals surface area contributed by atoms with E-state index in [0.29, 0.717) is 31.7 Å². The van der Waals surface area contributed by atoms with Crippen LogP contribution in [0.4, 0.5) is 0 Å². The maximum absolute atomic E-state index is 12.5. The van der Waals surface area contributed by atoms with E-state index in [4.69, 9.17) is 21.4 Å². The Kier molecular flexibility index (Phi) is 7.48. The number of nitrogens with zero attached hydrogens (tertiary/aromatic N) is 1.